The van der Waals surface area contributed by atoms with E-state index in [-0.39, 0.29) is 12.5 Å². The Morgan fingerprint density at radius 1 is 1.33 bits per heavy atom. The lowest BCUT2D eigenvalue weighted by Gasteiger charge is -2.12. The number of hydrogen-bond acceptors (Lipinski definition) is 3. The van der Waals surface area contributed by atoms with Crippen LogP contribution in [-0.2, 0) is 11.2 Å². The Morgan fingerprint density at radius 3 is 2.81 bits per heavy atom. The number of benzene rings is 1. The maximum atomic E-state index is 11.6. The lowest BCUT2D eigenvalue weighted by molar-refractivity contribution is 0.176. The lowest BCUT2D eigenvalue weighted by atomic mass is 10.1. The second-order valence-electron chi connectivity index (χ2n) is 4.19. The number of nitrogens with one attached hydrogen (secondary N) is 1. The molecule has 0 radical (unpaired) electrons. The molecule has 0 bridgehead atoms. The van der Waals surface area contributed by atoms with Crippen LogP contribution >= 0.6 is 11.6 Å². The number of halogens is 1. The van der Waals surface area contributed by atoms with Crippen molar-refractivity contribution in [3.05, 3.63) is 23.8 Å². The molecule has 1 rings (SSSR count). The maximum absolute atomic E-state index is 11.6. The number of aryl methyl sites for hydroxylation is 1. The molecule has 0 aliphatic heterocycles. The standard InChI is InChI=1S/C16H20ClNO3/c1-3-7-13-12-14(8-9-15(13)20-4-2)18-16(19)21-11-6-5-10-17/h8-9,12H,3-4,7,10-11H2,1-2H3,(H,18,19). The number of carbonyl (C=O) groups is 1. The summed E-state index contributed by atoms with van der Waals surface area (Å²) in [6, 6.07) is 5.55. The Bertz CT molecular complexity index is 520. The van der Waals surface area contributed by atoms with Crippen molar-refractivity contribution in [1.29, 1.82) is 0 Å². The zero-order chi connectivity index (χ0) is 15.5. The third-order valence-corrected chi connectivity index (χ3v) is 2.73. The second kappa shape index (κ2) is 9.95. The predicted octanol–water partition coefficient (Wildman–Crippen LogP) is 3.83. The van der Waals surface area contributed by atoms with Crippen LogP contribution in [0.5, 0.6) is 5.75 Å². The van der Waals surface area contributed by atoms with Crippen molar-refractivity contribution >= 4 is 23.4 Å². The van der Waals surface area contributed by atoms with Gasteiger partial charge in [-0.05, 0) is 37.1 Å². The van der Waals surface area contributed by atoms with Crippen LogP contribution in [0.3, 0.4) is 0 Å². The molecule has 0 saturated carbocycles. The minimum absolute atomic E-state index is 0.0252. The highest BCUT2D eigenvalue weighted by molar-refractivity contribution is 6.19. The zero-order valence-corrected chi connectivity index (χ0v) is 13.1. The van der Waals surface area contributed by atoms with E-state index in [1.54, 1.807) is 6.07 Å². The van der Waals surface area contributed by atoms with E-state index in [9.17, 15) is 4.79 Å². The highest BCUT2D eigenvalue weighted by Gasteiger charge is 2.07. The van der Waals surface area contributed by atoms with Gasteiger partial charge < -0.3 is 9.47 Å². The molecule has 4 nitrogen and oxygen atoms in total. The number of anilines is 1. The average Bonchev–Trinajstić information content (AvgIpc) is 2.47. The number of alkyl halides is 1. The van der Waals surface area contributed by atoms with Crippen LogP contribution in [0.4, 0.5) is 10.5 Å². The number of ether oxygens (including phenoxy) is 2. The number of amides is 1. The Hall–Kier alpha value is -1.86. The monoisotopic (exact) mass is 309 g/mol. The summed E-state index contributed by atoms with van der Waals surface area (Å²) in [5.41, 5.74) is 1.75. The summed E-state index contributed by atoms with van der Waals surface area (Å²) in [7, 11) is 0. The van der Waals surface area contributed by atoms with Crippen LogP contribution in [0.1, 0.15) is 25.8 Å². The van der Waals surface area contributed by atoms with Gasteiger partial charge in [0.15, 0.2) is 6.61 Å². The molecule has 21 heavy (non-hydrogen) atoms. The molecule has 1 aromatic carbocycles. The van der Waals surface area contributed by atoms with Gasteiger partial charge in [0, 0.05) is 5.69 Å². The molecule has 0 aliphatic carbocycles. The summed E-state index contributed by atoms with van der Waals surface area (Å²) < 4.78 is 10.5. The van der Waals surface area contributed by atoms with E-state index in [1.807, 2.05) is 19.1 Å². The van der Waals surface area contributed by atoms with Gasteiger partial charge >= 0.3 is 6.09 Å². The molecule has 0 aliphatic rings. The molecule has 0 saturated heterocycles. The summed E-state index contributed by atoms with van der Waals surface area (Å²) in [5.74, 6) is 6.31. The summed E-state index contributed by atoms with van der Waals surface area (Å²) in [5, 5.41) is 2.67. The molecule has 1 amide bonds. The molecule has 0 unspecified atom stereocenters. The fourth-order valence-corrected chi connectivity index (χ4v) is 1.87. The molecule has 0 aromatic heterocycles. The quantitative estimate of drug-likeness (QED) is 0.642. The van der Waals surface area contributed by atoms with Crippen LogP contribution in [0.15, 0.2) is 18.2 Å². The van der Waals surface area contributed by atoms with Crippen molar-refractivity contribution in [3.8, 4) is 17.6 Å². The SMILES string of the molecule is CCCc1cc(NC(=O)OCC#CCCl)ccc1OCC. The van der Waals surface area contributed by atoms with E-state index in [1.165, 1.54) is 0 Å². The second-order valence-corrected chi connectivity index (χ2v) is 4.46. The summed E-state index contributed by atoms with van der Waals surface area (Å²) in [6.45, 7) is 4.68. The maximum Gasteiger partial charge on any atom is 0.412 e. The van der Waals surface area contributed by atoms with Gasteiger partial charge in [0.05, 0.1) is 12.5 Å². The molecule has 5 heteroatoms. The Balaban J connectivity index is 2.66. The summed E-state index contributed by atoms with van der Waals surface area (Å²) >= 11 is 5.39. The van der Waals surface area contributed by atoms with Crippen LogP contribution in [0.25, 0.3) is 0 Å². The first kappa shape index (κ1) is 17.2. The number of hydrogen-bond donors (Lipinski definition) is 1. The molecule has 0 atom stereocenters. The van der Waals surface area contributed by atoms with E-state index in [0.717, 1.165) is 24.2 Å². The van der Waals surface area contributed by atoms with Gasteiger partial charge in [-0.1, -0.05) is 25.2 Å². The van der Waals surface area contributed by atoms with Gasteiger partial charge in [0.25, 0.3) is 0 Å². The van der Waals surface area contributed by atoms with Gasteiger partial charge in [0.2, 0.25) is 0 Å². The minimum atomic E-state index is -0.537. The van der Waals surface area contributed by atoms with Crippen molar-refractivity contribution < 1.29 is 14.3 Å². The van der Waals surface area contributed by atoms with Crippen LogP contribution in [-0.4, -0.2) is 25.2 Å². The van der Waals surface area contributed by atoms with Gasteiger partial charge in [-0.25, -0.2) is 4.79 Å². The molecule has 1 N–H and O–H groups in total. The van der Waals surface area contributed by atoms with Crippen molar-refractivity contribution in [1.82, 2.24) is 0 Å². The van der Waals surface area contributed by atoms with Gasteiger partial charge in [0.1, 0.15) is 5.75 Å². The highest BCUT2D eigenvalue weighted by atomic mass is 35.5. The fourth-order valence-electron chi connectivity index (χ4n) is 1.77. The molecular weight excluding hydrogens is 290 g/mol. The van der Waals surface area contributed by atoms with E-state index < -0.39 is 6.09 Å². The van der Waals surface area contributed by atoms with E-state index in [2.05, 4.69) is 24.1 Å². The first-order chi connectivity index (χ1) is 10.2. The largest absolute Gasteiger partial charge is 0.494 e. The zero-order valence-electron chi connectivity index (χ0n) is 12.4. The highest BCUT2D eigenvalue weighted by Crippen LogP contribution is 2.24. The van der Waals surface area contributed by atoms with Crippen LogP contribution in [0, 0.1) is 11.8 Å². The van der Waals surface area contributed by atoms with Crippen LogP contribution < -0.4 is 10.1 Å². The summed E-state index contributed by atoms with van der Waals surface area (Å²) in [6.07, 6.45) is 1.36. The first-order valence-electron chi connectivity index (χ1n) is 6.92. The van der Waals surface area contributed by atoms with Gasteiger partial charge in [-0.3, -0.25) is 5.32 Å². The molecule has 0 spiro atoms. The Labute approximate surface area is 130 Å². The molecule has 0 heterocycles. The molecule has 1 aromatic rings. The Kier molecular flexibility index (Phi) is 8.15. The van der Waals surface area contributed by atoms with Crippen molar-refractivity contribution in [3.63, 3.8) is 0 Å². The van der Waals surface area contributed by atoms with Crippen molar-refractivity contribution in [2.24, 2.45) is 0 Å². The number of carbonyl (C=O) groups excluding carboxylic acids is 1. The van der Waals surface area contributed by atoms with E-state index in [4.69, 9.17) is 21.1 Å². The third-order valence-electron chi connectivity index (χ3n) is 2.59. The molecular formula is C16H20ClNO3. The predicted molar refractivity (Wildman–Crippen MR) is 85.1 cm³/mol. The number of rotatable bonds is 6. The van der Waals surface area contributed by atoms with Gasteiger partial charge in [-0.2, -0.15) is 0 Å². The lowest BCUT2D eigenvalue weighted by Crippen LogP contribution is -2.14. The normalized spacial score (nSPS) is 9.48. The first-order valence-corrected chi connectivity index (χ1v) is 7.45. The fraction of sp³-hybridized carbons (Fsp3) is 0.438. The van der Waals surface area contributed by atoms with Crippen molar-refractivity contribution in [2.45, 2.75) is 26.7 Å². The van der Waals surface area contributed by atoms with E-state index >= 15 is 0 Å². The van der Waals surface area contributed by atoms with Crippen LogP contribution in [0.2, 0.25) is 0 Å². The Morgan fingerprint density at radius 2 is 2.14 bits per heavy atom. The van der Waals surface area contributed by atoms with Gasteiger partial charge in [-0.15, -0.1) is 11.6 Å². The molecule has 0 fully saturated rings. The smallest absolute Gasteiger partial charge is 0.412 e. The topological polar surface area (TPSA) is 47.6 Å². The minimum Gasteiger partial charge on any atom is -0.494 e. The average molecular weight is 310 g/mol. The summed E-state index contributed by atoms with van der Waals surface area (Å²) in [4.78, 5) is 11.6. The van der Waals surface area contributed by atoms with E-state index in [0.29, 0.717) is 12.3 Å². The van der Waals surface area contributed by atoms with Crippen molar-refractivity contribution in [2.75, 3.05) is 24.4 Å². The molecule has 114 valence electrons. The third kappa shape index (κ3) is 6.42.